The van der Waals surface area contributed by atoms with E-state index in [-0.39, 0.29) is 11.0 Å². The Morgan fingerprint density at radius 2 is 1.89 bits per heavy atom. The van der Waals surface area contributed by atoms with Crippen LogP contribution in [0.15, 0.2) is 16.6 Å². The lowest BCUT2D eigenvalue weighted by atomic mass is 10.1. The summed E-state index contributed by atoms with van der Waals surface area (Å²) in [6, 6.07) is 2.12. The Morgan fingerprint density at radius 3 is 2.42 bits per heavy atom. The molecule has 0 bridgehead atoms. The minimum Gasteiger partial charge on any atom is -0.379 e. The zero-order valence-corrected chi connectivity index (χ0v) is 13.4. The van der Waals surface area contributed by atoms with Crippen molar-refractivity contribution in [3.8, 4) is 0 Å². The van der Waals surface area contributed by atoms with Crippen molar-refractivity contribution in [1.82, 2.24) is 4.90 Å². The SMILES string of the molecule is CN(CCOCCBr)C(=O)c1c(F)cc(Br)cc1F. The Bertz CT molecular complexity index is 434. The lowest BCUT2D eigenvalue weighted by Gasteiger charge is -2.18. The van der Waals surface area contributed by atoms with Gasteiger partial charge in [-0.05, 0) is 12.1 Å². The molecule has 0 fully saturated rings. The quantitative estimate of drug-likeness (QED) is 0.542. The fraction of sp³-hybridized carbons (Fsp3) is 0.417. The standard InChI is InChI=1S/C12H13Br2F2NO2/c1-17(3-5-19-4-2-13)12(18)11-9(15)6-8(14)7-10(11)16/h6-7H,2-5H2,1H3. The van der Waals surface area contributed by atoms with Crippen molar-refractivity contribution in [2.45, 2.75) is 0 Å². The van der Waals surface area contributed by atoms with Gasteiger partial charge in [0.25, 0.3) is 5.91 Å². The topological polar surface area (TPSA) is 29.5 Å². The number of halogens is 4. The summed E-state index contributed by atoms with van der Waals surface area (Å²) in [5.74, 6) is -2.47. The molecule has 1 aromatic carbocycles. The van der Waals surface area contributed by atoms with Gasteiger partial charge >= 0.3 is 0 Å². The number of carbonyl (C=O) groups is 1. The molecule has 0 N–H and O–H groups in total. The third-order valence-corrected chi connectivity index (χ3v) is 3.14. The molecule has 19 heavy (non-hydrogen) atoms. The Labute approximate surface area is 127 Å². The van der Waals surface area contributed by atoms with E-state index < -0.39 is 23.1 Å². The predicted molar refractivity (Wildman–Crippen MR) is 75.6 cm³/mol. The summed E-state index contributed by atoms with van der Waals surface area (Å²) in [4.78, 5) is 13.2. The second-order valence-corrected chi connectivity index (χ2v) is 5.48. The maximum atomic E-state index is 13.6. The van der Waals surface area contributed by atoms with Crippen molar-refractivity contribution in [1.29, 1.82) is 0 Å². The van der Waals surface area contributed by atoms with Crippen LogP contribution in [-0.2, 0) is 4.74 Å². The first-order valence-corrected chi connectivity index (χ1v) is 7.42. The van der Waals surface area contributed by atoms with E-state index in [1.54, 1.807) is 0 Å². The van der Waals surface area contributed by atoms with Gasteiger partial charge in [0, 0.05) is 23.4 Å². The number of amides is 1. The van der Waals surface area contributed by atoms with Crippen LogP contribution in [0, 0.1) is 11.6 Å². The van der Waals surface area contributed by atoms with Crippen LogP contribution in [0.4, 0.5) is 8.78 Å². The highest BCUT2D eigenvalue weighted by molar-refractivity contribution is 9.10. The predicted octanol–water partition coefficient (Wildman–Crippen LogP) is 3.21. The Balaban J connectivity index is 2.72. The van der Waals surface area contributed by atoms with E-state index in [1.807, 2.05) is 0 Å². The van der Waals surface area contributed by atoms with Crippen molar-refractivity contribution in [3.05, 3.63) is 33.8 Å². The number of likely N-dealkylation sites (N-methyl/N-ethyl adjacent to an activating group) is 1. The normalized spacial score (nSPS) is 10.6. The van der Waals surface area contributed by atoms with E-state index in [4.69, 9.17) is 4.74 Å². The first-order chi connectivity index (χ1) is 8.97. The van der Waals surface area contributed by atoms with Gasteiger partial charge in [-0.25, -0.2) is 8.78 Å². The maximum Gasteiger partial charge on any atom is 0.259 e. The highest BCUT2D eigenvalue weighted by Crippen LogP contribution is 2.20. The number of alkyl halides is 1. The number of ether oxygens (including phenoxy) is 1. The highest BCUT2D eigenvalue weighted by Gasteiger charge is 2.21. The molecule has 0 radical (unpaired) electrons. The molecule has 3 nitrogen and oxygen atoms in total. The van der Waals surface area contributed by atoms with E-state index >= 15 is 0 Å². The van der Waals surface area contributed by atoms with Gasteiger partial charge in [0.05, 0.1) is 13.2 Å². The van der Waals surface area contributed by atoms with Gasteiger partial charge < -0.3 is 9.64 Å². The minimum absolute atomic E-state index is 0.252. The molecule has 1 aromatic rings. The number of nitrogens with zero attached hydrogens (tertiary/aromatic N) is 1. The number of hydrogen-bond donors (Lipinski definition) is 0. The molecular formula is C12H13Br2F2NO2. The molecule has 0 saturated carbocycles. The van der Waals surface area contributed by atoms with Crippen LogP contribution in [-0.4, -0.2) is 42.9 Å². The largest absolute Gasteiger partial charge is 0.379 e. The second kappa shape index (κ2) is 7.91. The van der Waals surface area contributed by atoms with Crippen LogP contribution < -0.4 is 0 Å². The molecule has 7 heteroatoms. The Morgan fingerprint density at radius 1 is 1.32 bits per heavy atom. The zero-order chi connectivity index (χ0) is 14.4. The fourth-order valence-corrected chi connectivity index (χ4v) is 2.03. The molecule has 0 saturated heterocycles. The van der Waals surface area contributed by atoms with Crippen molar-refractivity contribution in [2.24, 2.45) is 0 Å². The third kappa shape index (κ3) is 4.81. The van der Waals surface area contributed by atoms with Gasteiger partial charge in [-0.2, -0.15) is 0 Å². The minimum atomic E-state index is -0.884. The molecule has 106 valence electrons. The van der Waals surface area contributed by atoms with Gasteiger partial charge in [0.15, 0.2) is 0 Å². The monoisotopic (exact) mass is 399 g/mol. The molecule has 0 atom stereocenters. The highest BCUT2D eigenvalue weighted by atomic mass is 79.9. The van der Waals surface area contributed by atoms with Crippen molar-refractivity contribution >= 4 is 37.8 Å². The summed E-state index contributed by atoms with van der Waals surface area (Å²) in [5.41, 5.74) is -0.550. The summed E-state index contributed by atoms with van der Waals surface area (Å²) in [7, 11) is 1.47. The molecule has 0 aliphatic heterocycles. The summed E-state index contributed by atoms with van der Waals surface area (Å²) >= 11 is 6.16. The molecule has 1 amide bonds. The molecule has 0 unspecified atom stereocenters. The van der Waals surface area contributed by atoms with E-state index in [2.05, 4.69) is 31.9 Å². The molecule has 1 rings (SSSR count). The third-order valence-electron chi connectivity index (χ3n) is 2.36. The number of rotatable bonds is 6. The smallest absolute Gasteiger partial charge is 0.259 e. The molecule has 0 aromatic heterocycles. The van der Waals surface area contributed by atoms with Crippen LogP contribution in [0.2, 0.25) is 0 Å². The van der Waals surface area contributed by atoms with Gasteiger partial charge in [-0.3, -0.25) is 4.79 Å². The molecule has 0 spiro atoms. The average Bonchev–Trinajstić information content (AvgIpc) is 2.33. The van der Waals surface area contributed by atoms with Crippen LogP contribution >= 0.6 is 31.9 Å². The number of carbonyl (C=O) groups excluding carboxylic acids is 1. The molecule has 0 aliphatic carbocycles. The van der Waals surface area contributed by atoms with Crippen molar-refractivity contribution < 1.29 is 18.3 Å². The average molecular weight is 401 g/mol. The zero-order valence-electron chi connectivity index (χ0n) is 10.3. The van der Waals surface area contributed by atoms with Crippen LogP contribution in [0.1, 0.15) is 10.4 Å². The first-order valence-electron chi connectivity index (χ1n) is 5.51. The van der Waals surface area contributed by atoms with Gasteiger partial charge in [-0.15, -0.1) is 0 Å². The van der Waals surface area contributed by atoms with Gasteiger partial charge in [0.2, 0.25) is 0 Å². The maximum absolute atomic E-state index is 13.6. The first kappa shape index (κ1) is 16.5. The van der Waals surface area contributed by atoms with E-state index in [0.29, 0.717) is 18.5 Å². The van der Waals surface area contributed by atoms with Crippen LogP contribution in [0.25, 0.3) is 0 Å². The van der Waals surface area contributed by atoms with Crippen LogP contribution in [0.5, 0.6) is 0 Å². The van der Waals surface area contributed by atoms with Gasteiger partial charge in [-0.1, -0.05) is 31.9 Å². The summed E-state index contributed by atoms with van der Waals surface area (Å²) < 4.78 is 32.7. The summed E-state index contributed by atoms with van der Waals surface area (Å²) in [5, 5.41) is 0.695. The van der Waals surface area contributed by atoms with Crippen molar-refractivity contribution in [2.75, 3.05) is 32.1 Å². The lowest BCUT2D eigenvalue weighted by Crippen LogP contribution is -2.31. The Kier molecular flexibility index (Phi) is 6.88. The fourth-order valence-electron chi connectivity index (χ4n) is 1.40. The number of hydrogen-bond acceptors (Lipinski definition) is 2. The van der Waals surface area contributed by atoms with E-state index in [9.17, 15) is 13.6 Å². The summed E-state index contributed by atoms with van der Waals surface area (Å²) in [6.07, 6.45) is 0. The lowest BCUT2D eigenvalue weighted by molar-refractivity contribution is 0.0704. The van der Waals surface area contributed by atoms with Gasteiger partial charge in [0.1, 0.15) is 17.2 Å². The number of benzene rings is 1. The van der Waals surface area contributed by atoms with E-state index in [0.717, 1.165) is 12.1 Å². The van der Waals surface area contributed by atoms with E-state index in [1.165, 1.54) is 11.9 Å². The van der Waals surface area contributed by atoms with Crippen molar-refractivity contribution in [3.63, 3.8) is 0 Å². The molecular weight excluding hydrogens is 388 g/mol. The molecule has 0 heterocycles. The second-order valence-electron chi connectivity index (χ2n) is 3.77. The Hall–Kier alpha value is -0.530. The molecule has 0 aliphatic rings. The van der Waals surface area contributed by atoms with Crippen LogP contribution in [0.3, 0.4) is 0 Å². The summed E-state index contributed by atoms with van der Waals surface area (Å²) in [6.45, 7) is 1.09.